The standard InChI is InChI=1S/C21H20N4O2S/c1-4-17(26)25-16-12-8-7-11-15(16)18-19(22-21(28-3)24-23-18)27-20(25)14-10-6-5-9-13(14)2/h5-12,20H,4H2,1-3H3. The van der Waals surface area contributed by atoms with Crippen LogP contribution in [0.5, 0.6) is 5.88 Å². The normalized spacial score (nSPS) is 15.2. The van der Waals surface area contributed by atoms with Crippen LogP contribution >= 0.6 is 11.8 Å². The molecule has 3 aromatic rings. The summed E-state index contributed by atoms with van der Waals surface area (Å²) in [5, 5.41) is 9.06. The minimum Gasteiger partial charge on any atom is -0.447 e. The van der Waals surface area contributed by atoms with Crippen molar-refractivity contribution in [2.24, 2.45) is 0 Å². The zero-order chi connectivity index (χ0) is 19.7. The Morgan fingerprint density at radius 2 is 1.89 bits per heavy atom. The van der Waals surface area contributed by atoms with Crippen molar-refractivity contribution >= 4 is 23.4 Å². The molecule has 1 unspecified atom stereocenters. The van der Waals surface area contributed by atoms with E-state index >= 15 is 0 Å². The molecule has 2 heterocycles. The molecule has 2 aromatic carbocycles. The molecule has 28 heavy (non-hydrogen) atoms. The molecule has 1 aliphatic rings. The van der Waals surface area contributed by atoms with Gasteiger partial charge in [0.05, 0.1) is 5.69 Å². The number of carbonyl (C=O) groups is 1. The van der Waals surface area contributed by atoms with Crippen LogP contribution in [0.4, 0.5) is 5.69 Å². The number of anilines is 1. The number of amides is 1. The van der Waals surface area contributed by atoms with Gasteiger partial charge in [-0.2, -0.15) is 4.98 Å². The van der Waals surface area contributed by atoms with E-state index in [2.05, 4.69) is 15.2 Å². The number of aromatic nitrogens is 3. The number of benzene rings is 2. The van der Waals surface area contributed by atoms with Crippen molar-refractivity contribution in [2.45, 2.75) is 31.7 Å². The minimum atomic E-state index is -0.637. The summed E-state index contributed by atoms with van der Waals surface area (Å²) in [7, 11) is 0. The Labute approximate surface area is 168 Å². The summed E-state index contributed by atoms with van der Waals surface area (Å²) in [5.74, 6) is 0.345. The van der Waals surface area contributed by atoms with Crippen molar-refractivity contribution in [1.82, 2.24) is 15.2 Å². The second kappa shape index (κ2) is 7.59. The van der Waals surface area contributed by atoms with Gasteiger partial charge < -0.3 is 4.74 Å². The molecule has 0 aliphatic carbocycles. The fraction of sp³-hybridized carbons (Fsp3) is 0.238. The van der Waals surface area contributed by atoms with Crippen molar-refractivity contribution < 1.29 is 9.53 Å². The fourth-order valence-corrected chi connectivity index (χ4v) is 3.60. The third-order valence-corrected chi connectivity index (χ3v) is 5.26. The maximum Gasteiger partial charge on any atom is 0.247 e. The highest BCUT2D eigenvalue weighted by Gasteiger charge is 2.35. The second-order valence-electron chi connectivity index (χ2n) is 6.41. The number of hydrogen-bond acceptors (Lipinski definition) is 6. The molecule has 1 aromatic heterocycles. The molecule has 0 saturated carbocycles. The highest BCUT2D eigenvalue weighted by atomic mass is 32.2. The number of carbonyl (C=O) groups excluding carboxylic acids is 1. The quantitative estimate of drug-likeness (QED) is 0.615. The molecule has 0 saturated heterocycles. The third kappa shape index (κ3) is 3.11. The summed E-state index contributed by atoms with van der Waals surface area (Å²) in [6, 6.07) is 15.6. The Kier molecular flexibility index (Phi) is 5.00. The van der Waals surface area contributed by atoms with Crippen LogP contribution in [0.2, 0.25) is 0 Å². The number of rotatable bonds is 3. The highest BCUT2D eigenvalue weighted by molar-refractivity contribution is 7.98. The van der Waals surface area contributed by atoms with E-state index in [9.17, 15) is 4.79 Å². The number of thioether (sulfide) groups is 1. The Morgan fingerprint density at radius 1 is 1.14 bits per heavy atom. The van der Waals surface area contributed by atoms with E-state index in [0.29, 0.717) is 23.2 Å². The largest absolute Gasteiger partial charge is 0.447 e. The summed E-state index contributed by atoms with van der Waals surface area (Å²) >= 11 is 1.40. The van der Waals surface area contributed by atoms with Crippen LogP contribution in [0.1, 0.15) is 30.7 Å². The number of para-hydroxylation sites is 1. The third-order valence-electron chi connectivity index (χ3n) is 4.72. The number of aryl methyl sites for hydroxylation is 1. The van der Waals surface area contributed by atoms with Crippen LogP contribution in [-0.4, -0.2) is 27.3 Å². The van der Waals surface area contributed by atoms with Crippen molar-refractivity contribution in [2.75, 3.05) is 11.2 Å². The fourth-order valence-electron chi connectivity index (χ4n) is 3.31. The summed E-state index contributed by atoms with van der Waals surface area (Å²) < 4.78 is 6.36. The van der Waals surface area contributed by atoms with Gasteiger partial charge in [-0.3, -0.25) is 9.69 Å². The summed E-state index contributed by atoms with van der Waals surface area (Å²) in [5.41, 5.74) is 4.02. The Hall–Kier alpha value is -2.93. The van der Waals surface area contributed by atoms with E-state index in [1.165, 1.54) is 11.8 Å². The topological polar surface area (TPSA) is 68.2 Å². The van der Waals surface area contributed by atoms with E-state index in [0.717, 1.165) is 22.4 Å². The molecule has 1 atom stereocenters. The zero-order valence-electron chi connectivity index (χ0n) is 15.9. The van der Waals surface area contributed by atoms with Gasteiger partial charge in [-0.1, -0.05) is 61.2 Å². The molecule has 1 amide bonds. The van der Waals surface area contributed by atoms with Crippen LogP contribution in [0.15, 0.2) is 53.7 Å². The maximum atomic E-state index is 13.0. The van der Waals surface area contributed by atoms with Gasteiger partial charge in [0.25, 0.3) is 0 Å². The van der Waals surface area contributed by atoms with Gasteiger partial charge in [-0.15, -0.1) is 10.2 Å². The number of ether oxygens (including phenoxy) is 1. The predicted octanol–water partition coefficient (Wildman–Crippen LogP) is 4.40. The van der Waals surface area contributed by atoms with Crippen LogP contribution in [0.25, 0.3) is 11.3 Å². The lowest BCUT2D eigenvalue weighted by Crippen LogP contribution is -2.37. The van der Waals surface area contributed by atoms with Crippen LogP contribution < -0.4 is 9.64 Å². The molecule has 0 bridgehead atoms. The monoisotopic (exact) mass is 392 g/mol. The lowest BCUT2D eigenvalue weighted by molar-refractivity contribution is -0.120. The van der Waals surface area contributed by atoms with E-state index in [1.807, 2.05) is 68.6 Å². The molecule has 1 aliphatic heterocycles. The van der Waals surface area contributed by atoms with Gasteiger partial charge in [0, 0.05) is 17.5 Å². The van der Waals surface area contributed by atoms with Crippen molar-refractivity contribution in [3.8, 4) is 17.1 Å². The zero-order valence-corrected chi connectivity index (χ0v) is 16.7. The highest BCUT2D eigenvalue weighted by Crippen LogP contribution is 2.43. The molecule has 0 fully saturated rings. The molecule has 6 nitrogen and oxygen atoms in total. The average molecular weight is 392 g/mol. The molecule has 0 N–H and O–H groups in total. The molecular formula is C21H20N4O2S. The van der Waals surface area contributed by atoms with Crippen molar-refractivity contribution in [3.05, 3.63) is 59.7 Å². The summed E-state index contributed by atoms with van der Waals surface area (Å²) in [4.78, 5) is 19.3. The second-order valence-corrected chi connectivity index (χ2v) is 7.19. The van der Waals surface area contributed by atoms with Gasteiger partial charge in [0.1, 0.15) is 0 Å². The van der Waals surface area contributed by atoms with Gasteiger partial charge in [0.2, 0.25) is 23.2 Å². The lowest BCUT2D eigenvalue weighted by atomic mass is 10.0. The van der Waals surface area contributed by atoms with Gasteiger partial charge in [0.15, 0.2) is 5.69 Å². The van der Waals surface area contributed by atoms with E-state index in [1.54, 1.807) is 4.90 Å². The number of nitrogens with zero attached hydrogens (tertiary/aromatic N) is 4. The molecule has 0 radical (unpaired) electrons. The summed E-state index contributed by atoms with van der Waals surface area (Å²) in [6.07, 6.45) is 1.60. The number of hydrogen-bond donors (Lipinski definition) is 0. The van der Waals surface area contributed by atoms with Crippen LogP contribution in [0, 0.1) is 6.92 Å². The van der Waals surface area contributed by atoms with E-state index < -0.39 is 6.23 Å². The molecule has 7 heteroatoms. The maximum absolute atomic E-state index is 13.0. The first-order valence-electron chi connectivity index (χ1n) is 9.06. The molecule has 142 valence electrons. The van der Waals surface area contributed by atoms with Gasteiger partial charge in [-0.25, -0.2) is 0 Å². The molecular weight excluding hydrogens is 372 g/mol. The Morgan fingerprint density at radius 3 is 2.64 bits per heavy atom. The van der Waals surface area contributed by atoms with Crippen molar-refractivity contribution in [3.63, 3.8) is 0 Å². The van der Waals surface area contributed by atoms with E-state index in [-0.39, 0.29) is 5.91 Å². The van der Waals surface area contributed by atoms with E-state index in [4.69, 9.17) is 4.74 Å². The average Bonchev–Trinajstić information content (AvgIpc) is 2.87. The van der Waals surface area contributed by atoms with Crippen LogP contribution in [0.3, 0.4) is 0 Å². The lowest BCUT2D eigenvalue weighted by Gasteiger charge is -2.31. The van der Waals surface area contributed by atoms with Gasteiger partial charge >= 0.3 is 0 Å². The molecule has 4 rings (SSSR count). The Balaban J connectivity index is 2.00. The van der Waals surface area contributed by atoms with Crippen molar-refractivity contribution in [1.29, 1.82) is 0 Å². The smallest absolute Gasteiger partial charge is 0.247 e. The van der Waals surface area contributed by atoms with Gasteiger partial charge in [-0.05, 0) is 24.8 Å². The SMILES string of the molecule is CCC(=O)N1c2ccccc2-c2nnc(SC)nc2OC1c1ccccc1C. The first-order valence-corrected chi connectivity index (χ1v) is 10.3. The Bertz CT molecular complexity index is 1040. The molecule has 0 spiro atoms. The minimum absolute atomic E-state index is 0.0356. The number of fused-ring (bicyclic) bond motifs is 3. The predicted molar refractivity (Wildman–Crippen MR) is 109 cm³/mol. The first kappa shape index (κ1) is 18.4. The van der Waals surface area contributed by atoms with Crippen LogP contribution in [-0.2, 0) is 4.79 Å². The first-order chi connectivity index (χ1) is 13.6. The summed E-state index contributed by atoms with van der Waals surface area (Å²) in [6.45, 7) is 3.86.